The summed E-state index contributed by atoms with van der Waals surface area (Å²) in [6, 6.07) is 9.04. The maximum Gasteiger partial charge on any atom is 0.220 e. The van der Waals surface area contributed by atoms with Crippen molar-refractivity contribution in [1.82, 2.24) is 4.98 Å². The Morgan fingerprint density at radius 3 is 3.00 bits per heavy atom. The molecule has 1 heterocycles. The number of carbonyl (C=O) groups is 1. The Morgan fingerprint density at radius 1 is 1.60 bits per heavy atom. The molecule has 0 N–H and O–H groups in total. The number of ether oxygens (including phenoxy) is 1. The third-order valence-electron chi connectivity index (χ3n) is 2.84. The molecule has 5 nitrogen and oxygen atoms in total. The number of aromatic nitrogens is 1. The van der Waals surface area contributed by atoms with Gasteiger partial charge >= 0.3 is 0 Å². The SMILES string of the molecule is C=CCOC(C)C(=O)C(C#N)c1nc2ccccc2o1. The van der Waals surface area contributed by atoms with Gasteiger partial charge in [-0.05, 0) is 19.1 Å². The van der Waals surface area contributed by atoms with Crippen LogP contribution in [0.15, 0.2) is 41.3 Å². The molecular formula is C15H14N2O3. The fraction of sp³-hybridized carbons (Fsp3) is 0.267. The molecule has 0 bridgehead atoms. The Kier molecular flexibility index (Phi) is 4.28. The summed E-state index contributed by atoms with van der Waals surface area (Å²) in [6.45, 7) is 5.36. The highest BCUT2D eigenvalue weighted by atomic mass is 16.5. The second-order valence-electron chi connectivity index (χ2n) is 4.25. The summed E-state index contributed by atoms with van der Waals surface area (Å²) in [5.74, 6) is -1.34. The van der Waals surface area contributed by atoms with Gasteiger partial charge < -0.3 is 9.15 Å². The first kappa shape index (κ1) is 14.0. The van der Waals surface area contributed by atoms with E-state index in [0.29, 0.717) is 11.1 Å². The lowest BCUT2D eigenvalue weighted by Crippen LogP contribution is -2.26. The topological polar surface area (TPSA) is 76.1 Å². The van der Waals surface area contributed by atoms with E-state index in [0.717, 1.165) is 0 Å². The number of hydrogen-bond donors (Lipinski definition) is 0. The van der Waals surface area contributed by atoms with E-state index in [1.165, 1.54) is 0 Å². The molecule has 0 amide bonds. The molecule has 0 spiro atoms. The van der Waals surface area contributed by atoms with Crippen molar-refractivity contribution >= 4 is 16.9 Å². The molecule has 1 aromatic heterocycles. The smallest absolute Gasteiger partial charge is 0.220 e. The van der Waals surface area contributed by atoms with Gasteiger partial charge in [-0.15, -0.1) is 6.58 Å². The summed E-state index contributed by atoms with van der Waals surface area (Å²) in [4.78, 5) is 16.4. The Labute approximate surface area is 116 Å². The Hall–Kier alpha value is -2.45. The van der Waals surface area contributed by atoms with Crippen LogP contribution in [0.1, 0.15) is 18.7 Å². The molecular weight excluding hydrogens is 256 g/mol. The lowest BCUT2D eigenvalue weighted by atomic mass is 10.0. The van der Waals surface area contributed by atoms with Crippen LogP contribution < -0.4 is 0 Å². The highest BCUT2D eigenvalue weighted by molar-refractivity contribution is 5.91. The Morgan fingerprint density at radius 2 is 2.35 bits per heavy atom. The standard InChI is InChI=1S/C15H14N2O3/c1-3-8-19-10(2)14(18)11(9-16)15-17-12-6-4-5-7-13(12)20-15/h3-7,10-11H,1,8H2,2H3. The summed E-state index contributed by atoms with van der Waals surface area (Å²) >= 11 is 0. The molecule has 1 aromatic carbocycles. The average molecular weight is 270 g/mol. The number of carbonyl (C=O) groups excluding carboxylic acids is 1. The van der Waals surface area contributed by atoms with Crippen molar-refractivity contribution in [2.45, 2.75) is 18.9 Å². The number of ketones is 1. The van der Waals surface area contributed by atoms with Crippen LogP contribution in [-0.4, -0.2) is 23.5 Å². The highest BCUT2D eigenvalue weighted by Crippen LogP contribution is 2.23. The lowest BCUT2D eigenvalue weighted by Gasteiger charge is -2.12. The van der Waals surface area contributed by atoms with Gasteiger partial charge in [-0.1, -0.05) is 18.2 Å². The van der Waals surface area contributed by atoms with Crippen LogP contribution in [-0.2, 0) is 9.53 Å². The zero-order valence-electron chi connectivity index (χ0n) is 11.1. The molecule has 0 saturated carbocycles. The molecule has 0 radical (unpaired) electrons. The number of para-hydroxylation sites is 2. The zero-order valence-corrected chi connectivity index (χ0v) is 11.1. The molecule has 5 heteroatoms. The van der Waals surface area contributed by atoms with Crippen molar-refractivity contribution in [3.05, 3.63) is 42.8 Å². The fourth-order valence-corrected chi connectivity index (χ4v) is 1.78. The summed E-state index contributed by atoms with van der Waals surface area (Å²) < 4.78 is 10.7. The Balaban J connectivity index is 2.25. The lowest BCUT2D eigenvalue weighted by molar-refractivity contribution is -0.129. The molecule has 0 saturated heterocycles. The van der Waals surface area contributed by atoms with Crippen LogP contribution in [0.5, 0.6) is 0 Å². The number of benzene rings is 1. The maximum absolute atomic E-state index is 12.2. The zero-order chi connectivity index (χ0) is 14.5. The third-order valence-corrected chi connectivity index (χ3v) is 2.84. The second kappa shape index (κ2) is 6.13. The van der Waals surface area contributed by atoms with Gasteiger partial charge in [0.2, 0.25) is 5.89 Å². The molecule has 2 aromatic rings. The molecule has 0 aliphatic carbocycles. The van der Waals surface area contributed by atoms with Gasteiger partial charge in [-0.25, -0.2) is 4.98 Å². The van der Waals surface area contributed by atoms with Crippen LogP contribution in [0.4, 0.5) is 0 Å². The van der Waals surface area contributed by atoms with Crippen molar-refractivity contribution in [3.8, 4) is 6.07 Å². The van der Waals surface area contributed by atoms with E-state index >= 15 is 0 Å². The first-order valence-corrected chi connectivity index (χ1v) is 6.18. The number of hydrogen-bond acceptors (Lipinski definition) is 5. The van der Waals surface area contributed by atoms with Crippen molar-refractivity contribution in [3.63, 3.8) is 0 Å². The number of nitrogens with zero attached hydrogens (tertiary/aromatic N) is 2. The van der Waals surface area contributed by atoms with E-state index in [1.54, 1.807) is 31.2 Å². The molecule has 0 aliphatic rings. The summed E-state index contributed by atoms with van der Waals surface area (Å²) in [6.07, 6.45) is 0.831. The molecule has 20 heavy (non-hydrogen) atoms. The van der Waals surface area contributed by atoms with Crippen LogP contribution in [0.2, 0.25) is 0 Å². The minimum atomic E-state index is -1.07. The summed E-state index contributed by atoms with van der Waals surface area (Å²) in [7, 11) is 0. The minimum Gasteiger partial charge on any atom is -0.439 e. The van der Waals surface area contributed by atoms with Gasteiger partial charge in [0.15, 0.2) is 17.3 Å². The van der Waals surface area contributed by atoms with Gasteiger partial charge in [0.1, 0.15) is 11.6 Å². The summed E-state index contributed by atoms with van der Waals surface area (Å²) in [5, 5.41) is 9.20. The number of oxazole rings is 1. The molecule has 2 rings (SSSR count). The van der Waals surface area contributed by atoms with Crippen LogP contribution in [0, 0.1) is 11.3 Å². The first-order valence-electron chi connectivity index (χ1n) is 6.18. The maximum atomic E-state index is 12.2. The largest absolute Gasteiger partial charge is 0.439 e. The molecule has 2 atom stereocenters. The van der Waals surface area contributed by atoms with Crippen molar-refractivity contribution < 1.29 is 13.9 Å². The first-order chi connectivity index (χ1) is 9.67. The van der Waals surface area contributed by atoms with Crippen molar-refractivity contribution in [2.24, 2.45) is 0 Å². The van der Waals surface area contributed by atoms with Gasteiger partial charge in [-0.2, -0.15) is 5.26 Å². The van der Waals surface area contributed by atoms with Crippen LogP contribution >= 0.6 is 0 Å². The van der Waals surface area contributed by atoms with E-state index in [2.05, 4.69) is 11.6 Å². The number of nitriles is 1. The van der Waals surface area contributed by atoms with E-state index in [1.807, 2.05) is 12.1 Å². The summed E-state index contributed by atoms with van der Waals surface area (Å²) in [5.41, 5.74) is 1.17. The van der Waals surface area contributed by atoms with Gasteiger partial charge in [0, 0.05) is 0 Å². The number of fused-ring (bicyclic) bond motifs is 1. The molecule has 2 unspecified atom stereocenters. The van der Waals surface area contributed by atoms with Gasteiger partial charge in [-0.3, -0.25) is 4.79 Å². The third kappa shape index (κ3) is 2.76. The van der Waals surface area contributed by atoms with E-state index < -0.39 is 12.0 Å². The number of Topliss-reactive ketones (excluding diaryl/α,β-unsaturated/α-hetero) is 1. The van der Waals surface area contributed by atoms with Gasteiger partial charge in [0.25, 0.3) is 0 Å². The van der Waals surface area contributed by atoms with Crippen LogP contribution in [0.25, 0.3) is 11.1 Å². The Bertz CT molecular complexity index is 636. The van der Waals surface area contributed by atoms with E-state index in [9.17, 15) is 10.1 Å². The fourth-order valence-electron chi connectivity index (χ4n) is 1.78. The molecule has 0 aliphatic heterocycles. The average Bonchev–Trinajstić information content (AvgIpc) is 2.88. The molecule has 102 valence electrons. The van der Waals surface area contributed by atoms with Crippen molar-refractivity contribution in [2.75, 3.05) is 6.61 Å². The molecule has 0 fully saturated rings. The number of rotatable bonds is 6. The van der Waals surface area contributed by atoms with E-state index in [-0.39, 0.29) is 18.3 Å². The highest BCUT2D eigenvalue weighted by Gasteiger charge is 2.30. The van der Waals surface area contributed by atoms with Gasteiger partial charge in [0.05, 0.1) is 12.7 Å². The second-order valence-corrected chi connectivity index (χ2v) is 4.25. The predicted molar refractivity (Wildman–Crippen MR) is 73.0 cm³/mol. The minimum absolute atomic E-state index is 0.104. The predicted octanol–water partition coefficient (Wildman–Crippen LogP) is 2.60. The van der Waals surface area contributed by atoms with Crippen LogP contribution in [0.3, 0.4) is 0 Å². The van der Waals surface area contributed by atoms with E-state index in [4.69, 9.17) is 9.15 Å². The normalized spacial score (nSPS) is 13.6. The van der Waals surface area contributed by atoms with Crippen molar-refractivity contribution in [1.29, 1.82) is 5.26 Å². The monoisotopic (exact) mass is 270 g/mol. The quantitative estimate of drug-likeness (QED) is 0.754.